The molecule has 0 bridgehead atoms. The number of nitrogens with one attached hydrogen (secondary N) is 1. The van der Waals surface area contributed by atoms with Gasteiger partial charge in [-0.15, -0.1) is 0 Å². The first-order valence-electron chi connectivity index (χ1n) is 6.37. The number of aromatic carboxylic acids is 1. The standard InChI is InChI=1S/C14H20ClNO2/c1-3-5-10(6-4-2)16-11-7-8-13(15)12(9-11)14(17)18/h7-10,16H,3-6H2,1-2H3,(H,17,18). The Morgan fingerprint density at radius 3 is 2.44 bits per heavy atom. The molecule has 18 heavy (non-hydrogen) atoms. The Morgan fingerprint density at radius 1 is 1.33 bits per heavy atom. The first-order valence-corrected chi connectivity index (χ1v) is 6.75. The van der Waals surface area contributed by atoms with E-state index in [9.17, 15) is 4.79 Å². The number of carboxylic acid groups (broad SMARTS) is 1. The van der Waals surface area contributed by atoms with E-state index in [1.807, 2.05) is 6.07 Å². The van der Waals surface area contributed by atoms with Gasteiger partial charge in [0, 0.05) is 11.7 Å². The van der Waals surface area contributed by atoms with Gasteiger partial charge in [0.1, 0.15) is 0 Å². The van der Waals surface area contributed by atoms with E-state index in [-0.39, 0.29) is 10.6 Å². The van der Waals surface area contributed by atoms with Crippen LogP contribution in [0.2, 0.25) is 5.02 Å². The van der Waals surface area contributed by atoms with Crippen LogP contribution in [0.5, 0.6) is 0 Å². The molecule has 100 valence electrons. The zero-order valence-corrected chi connectivity index (χ0v) is 11.6. The molecule has 0 radical (unpaired) electrons. The van der Waals surface area contributed by atoms with Gasteiger partial charge in [-0.25, -0.2) is 4.79 Å². The second-order valence-corrected chi connectivity index (χ2v) is 4.83. The normalized spacial score (nSPS) is 10.7. The molecule has 3 nitrogen and oxygen atoms in total. The predicted octanol–water partition coefficient (Wildman–Crippen LogP) is 4.42. The van der Waals surface area contributed by atoms with Gasteiger partial charge >= 0.3 is 5.97 Å². The fraction of sp³-hybridized carbons (Fsp3) is 0.500. The molecule has 0 heterocycles. The van der Waals surface area contributed by atoms with Gasteiger partial charge < -0.3 is 10.4 Å². The molecule has 0 unspecified atom stereocenters. The van der Waals surface area contributed by atoms with E-state index in [0.717, 1.165) is 31.4 Å². The number of hydrogen-bond donors (Lipinski definition) is 2. The maximum Gasteiger partial charge on any atom is 0.337 e. The molecule has 1 aromatic carbocycles. The van der Waals surface area contributed by atoms with Gasteiger partial charge in [0.05, 0.1) is 10.6 Å². The van der Waals surface area contributed by atoms with E-state index in [2.05, 4.69) is 19.2 Å². The van der Waals surface area contributed by atoms with E-state index in [4.69, 9.17) is 16.7 Å². The maximum atomic E-state index is 11.0. The van der Waals surface area contributed by atoms with Crippen molar-refractivity contribution >= 4 is 23.3 Å². The number of halogens is 1. The van der Waals surface area contributed by atoms with Crippen LogP contribution in [0.1, 0.15) is 49.9 Å². The Kier molecular flexibility index (Phi) is 5.99. The van der Waals surface area contributed by atoms with Gasteiger partial charge in [0.2, 0.25) is 0 Å². The van der Waals surface area contributed by atoms with E-state index >= 15 is 0 Å². The average molecular weight is 270 g/mol. The third-order valence-corrected chi connectivity index (χ3v) is 3.17. The SMILES string of the molecule is CCCC(CCC)Nc1ccc(Cl)c(C(=O)O)c1. The number of benzene rings is 1. The number of carboxylic acids is 1. The van der Waals surface area contributed by atoms with Gasteiger partial charge in [-0.3, -0.25) is 0 Å². The molecule has 0 saturated heterocycles. The summed E-state index contributed by atoms with van der Waals surface area (Å²) in [5, 5.41) is 12.7. The van der Waals surface area contributed by atoms with Gasteiger partial charge in [-0.1, -0.05) is 38.3 Å². The van der Waals surface area contributed by atoms with E-state index < -0.39 is 5.97 Å². The topological polar surface area (TPSA) is 49.3 Å². The summed E-state index contributed by atoms with van der Waals surface area (Å²) < 4.78 is 0. The van der Waals surface area contributed by atoms with Gasteiger partial charge in [-0.05, 0) is 31.0 Å². The van der Waals surface area contributed by atoms with E-state index in [1.165, 1.54) is 0 Å². The third-order valence-electron chi connectivity index (χ3n) is 2.84. The van der Waals surface area contributed by atoms with Crippen LogP contribution in [-0.2, 0) is 0 Å². The second-order valence-electron chi connectivity index (χ2n) is 4.42. The van der Waals surface area contributed by atoms with Crippen molar-refractivity contribution in [3.8, 4) is 0 Å². The molecular formula is C14H20ClNO2. The van der Waals surface area contributed by atoms with Crippen LogP contribution in [0.3, 0.4) is 0 Å². The molecule has 0 amide bonds. The lowest BCUT2D eigenvalue weighted by Crippen LogP contribution is -2.19. The molecule has 0 aliphatic carbocycles. The van der Waals surface area contributed by atoms with Crippen LogP contribution >= 0.6 is 11.6 Å². The number of rotatable bonds is 7. The lowest BCUT2D eigenvalue weighted by molar-refractivity contribution is 0.0697. The van der Waals surface area contributed by atoms with Crippen LogP contribution in [-0.4, -0.2) is 17.1 Å². The number of carbonyl (C=O) groups is 1. The summed E-state index contributed by atoms with van der Waals surface area (Å²) in [6, 6.07) is 5.45. The monoisotopic (exact) mass is 269 g/mol. The summed E-state index contributed by atoms with van der Waals surface area (Å²) in [6.45, 7) is 4.30. The third kappa shape index (κ3) is 4.22. The molecule has 0 aromatic heterocycles. The van der Waals surface area contributed by atoms with Gasteiger partial charge in [0.15, 0.2) is 0 Å². The Hall–Kier alpha value is -1.22. The Balaban J connectivity index is 2.82. The molecule has 0 aliphatic rings. The van der Waals surface area contributed by atoms with Crippen molar-refractivity contribution in [3.05, 3.63) is 28.8 Å². The molecule has 1 rings (SSSR count). The molecule has 1 aromatic rings. The molecule has 4 heteroatoms. The fourth-order valence-electron chi connectivity index (χ4n) is 2.00. The minimum absolute atomic E-state index is 0.147. The minimum Gasteiger partial charge on any atom is -0.478 e. The molecule has 0 spiro atoms. The van der Waals surface area contributed by atoms with Crippen molar-refractivity contribution < 1.29 is 9.90 Å². The number of anilines is 1. The average Bonchev–Trinajstić information content (AvgIpc) is 2.32. The molecule has 0 aliphatic heterocycles. The van der Waals surface area contributed by atoms with Crippen molar-refractivity contribution in [2.24, 2.45) is 0 Å². The summed E-state index contributed by atoms with van der Waals surface area (Å²) in [5.41, 5.74) is 0.970. The lowest BCUT2D eigenvalue weighted by atomic mass is 10.1. The van der Waals surface area contributed by atoms with Crippen LogP contribution in [0.25, 0.3) is 0 Å². The van der Waals surface area contributed by atoms with E-state index in [0.29, 0.717) is 6.04 Å². The highest BCUT2D eigenvalue weighted by atomic mass is 35.5. The van der Waals surface area contributed by atoms with Crippen molar-refractivity contribution in [2.45, 2.75) is 45.6 Å². The lowest BCUT2D eigenvalue weighted by Gasteiger charge is -2.19. The van der Waals surface area contributed by atoms with Gasteiger partial charge in [-0.2, -0.15) is 0 Å². The summed E-state index contributed by atoms with van der Waals surface area (Å²) in [5.74, 6) is -0.994. The minimum atomic E-state index is -0.994. The van der Waals surface area contributed by atoms with Gasteiger partial charge in [0.25, 0.3) is 0 Å². The van der Waals surface area contributed by atoms with Crippen LogP contribution in [0.4, 0.5) is 5.69 Å². The highest BCUT2D eigenvalue weighted by molar-refractivity contribution is 6.33. The summed E-state index contributed by atoms with van der Waals surface area (Å²) in [7, 11) is 0. The predicted molar refractivity (Wildman–Crippen MR) is 75.6 cm³/mol. The highest BCUT2D eigenvalue weighted by Gasteiger charge is 2.11. The molecular weight excluding hydrogens is 250 g/mol. The number of hydrogen-bond acceptors (Lipinski definition) is 2. The first-order chi connectivity index (χ1) is 8.58. The largest absolute Gasteiger partial charge is 0.478 e. The summed E-state index contributed by atoms with van der Waals surface area (Å²) >= 11 is 5.84. The highest BCUT2D eigenvalue weighted by Crippen LogP contribution is 2.22. The van der Waals surface area contributed by atoms with Crippen molar-refractivity contribution in [1.29, 1.82) is 0 Å². The van der Waals surface area contributed by atoms with E-state index in [1.54, 1.807) is 12.1 Å². The fourth-order valence-corrected chi connectivity index (χ4v) is 2.20. The summed E-state index contributed by atoms with van der Waals surface area (Å²) in [4.78, 5) is 11.0. The Morgan fingerprint density at radius 2 is 1.94 bits per heavy atom. The Bertz CT molecular complexity index is 401. The maximum absolute atomic E-state index is 11.0. The molecule has 0 atom stereocenters. The van der Waals surface area contributed by atoms with Crippen LogP contribution in [0, 0.1) is 0 Å². The zero-order valence-electron chi connectivity index (χ0n) is 10.9. The van der Waals surface area contributed by atoms with Crippen LogP contribution < -0.4 is 5.32 Å². The van der Waals surface area contributed by atoms with Crippen molar-refractivity contribution in [1.82, 2.24) is 0 Å². The molecule has 0 saturated carbocycles. The zero-order chi connectivity index (χ0) is 13.5. The molecule has 0 fully saturated rings. The van der Waals surface area contributed by atoms with Crippen molar-refractivity contribution in [2.75, 3.05) is 5.32 Å². The quantitative estimate of drug-likeness (QED) is 0.770. The smallest absolute Gasteiger partial charge is 0.337 e. The molecule has 2 N–H and O–H groups in total. The Labute approximate surface area is 113 Å². The second kappa shape index (κ2) is 7.27. The summed E-state index contributed by atoms with van der Waals surface area (Å²) in [6.07, 6.45) is 4.38. The van der Waals surface area contributed by atoms with Crippen LogP contribution in [0.15, 0.2) is 18.2 Å². The first kappa shape index (κ1) is 14.8. The van der Waals surface area contributed by atoms with Crippen molar-refractivity contribution in [3.63, 3.8) is 0 Å².